The molecular weight excluding hydrogens is 272 g/mol. The maximum atomic E-state index is 12.0. The lowest BCUT2D eigenvalue weighted by Crippen LogP contribution is -2.49. The van der Waals surface area contributed by atoms with E-state index in [1.807, 2.05) is 6.92 Å². The zero-order valence-electron chi connectivity index (χ0n) is 11.5. The number of carbonyl (C=O) groups is 2. The molecule has 0 aliphatic carbocycles. The van der Waals surface area contributed by atoms with E-state index in [0.29, 0.717) is 12.8 Å². The Hall–Kier alpha value is -1.15. The number of carbonyl (C=O) groups excluding carboxylic acids is 1. The lowest BCUT2D eigenvalue weighted by molar-refractivity contribution is -0.145. The van der Waals surface area contributed by atoms with Crippen molar-refractivity contribution in [1.82, 2.24) is 9.62 Å². The van der Waals surface area contributed by atoms with Gasteiger partial charge in [-0.2, -0.15) is 0 Å². The van der Waals surface area contributed by atoms with Gasteiger partial charge >= 0.3 is 5.97 Å². The zero-order valence-corrected chi connectivity index (χ0v) is 12.4. The van der Waals surface area contributed by atoms with E-state index in [9.17, 15) is 18.0 Å². The van der Waals surface area contributed by atoms with Crippen molar-refractivity contribution in [1.29, 1.82) is 0 Å². The van der Waals surface area contributed by atoms with Crippen LogP contribution in [-0.4, -0.2) is 55.2 Å². The number of nitrogens with zero attached hydrogens (tertiary/aromatic N) is 1. The Bertz CT molecular complexity index is 407. The van der Waals surface area contributed by atoms with Gasteiger partial charge in [0.2, 0.25) is 15.9 Å². The molecule has 19 heavy (non-hydrogen) atoms. The second kappa shape index (κ2) is 8.11. The number of sulfonamides is 1. The first-order valence-corrected chi connectivity index (χ1v) is 7.89. The SMILES string of the molecule is CCCN(CC(=O)O)C(=O)C(C)NS(=O)(=O)CCC. The normalized spacial score (nSPS) is 13.0. The van der Waals surface area contributed by atoms with Crippen LogP contribution in [0, 0.1) is 0 Å². The number of carboxylic acid groups (broad SMARTS) is 1. The molecule has 8 heteroatoms. The summed E-state index contributed by atoms with van der Waals surface area (Å²) >= 11 is 0. The molecule has 112 valence electrons. The van der Waals surface area contributed by atoms with Crippen molar-refractivity contribution in [2.45, 2.75) is 39.7 Å². The Morgan fingerprint density at radius 2 is 1.84 bits per heavy atom. The molecule has 0 aromatic carbocycles. The van der Waals surface area contributed by atoms with Crippen LogP contribution in [-0.2, 0) is 19.6 Å². The Balaban J connectivity index is 4.71. The van der Waals surface area contributed by atoms with Gasteiger partial charge in [0, 0.05) is 6.54 Å². The number of hydrogen-bond donors (Lipinski definition) is 2. The predicted octanol–water partition coefficient (Wildman–Crippen LogP) is 0.0275. The highest BCUT2D eigenvalue weighted by Gasteiger charge is 2.25. The quantitative estimate of drug-likeness (QED) is 0.624. The van der Waals surface area contributed by atoms with Crippen LogP contribution < -0.4 is 4.72 Å². The van der Waals surface area contributed by atoms with Crippen LogP contribution >= 0.6 is 0 Å². The minimum absolute atomic E-state index is 0.0582. The summed E-state index contributed by atoms with van der Waals surface area (Å²) in [7, 11) is -3.50. The molecule has 1 amide bonds. The number of aliphatic carboxylic acids is 1. The molecule has 0 bridgehead atoms. The highest BCUT2D eigenvalue weighted by molar-refractivity contribution is 7.89. The van der Waals surface area contributed by atoms with Crippen LogP contribution in [0.25, 0.3) is 0 Å². The van der Waals surface area contributed by atoms with Crippen LogP contribution in [0.2, 0.25) is 0 Å². The molecule has 0 saturated heterocycles. The van der Waals surface area contributed by atoms with Gasteiger partial charge < -0.3 is 10.0 Å². The average Bonchev–Trinajstić information content (AvgIpc) is 2.26. The first-order valence-electron chi connectivity index (χ1n) is 6.24. The van der Waals surface area contributed by atoms with Crippen LogP contribution in [0.4, 0.5) is 0 Å². The van der Waals surface area contributed by atoms with Crippen molar-refractivity contribution >= 4 is 21.9 Å². The molecule has 0 aliphatic heterocycles. The van der Waals surface area contributed by atoms with E-state index in [2.05, 4.69) is 4.72 Å². The molecule has 0 aromatic heterocycles. The third-order valence-corrected chi connectivity index (χ3v) is 3.99. The van der Waals surface area contributed by atoms with E-state index in [4.69, 9.17) is 5.11 Å². The van der Waals surface area contributed by atoms with Gasteiger partial charge in [-0.3, -0.25) is 9.59 Å². The van der Waals surface area contributed by atoms with Crippen molar-refractivity contribution in [3.05, 3.63) is 0 Å². The Morgan fingerprint density at radius 1 is 1.26 bits per heavy atom. The molecule has 1 atom stereocenters. The fourth-order valence-corrected chi connectivity index (χ4v) is 2.92. The number of carboxylic acids is 1. The summed E-state index contributed by atoms with van der Waals surface area (Å²) in [6, 6.07) is -0.956. The molecule has 0 spiro atoms. The summed E-state index contributed by atoms with van der Waals surface area (Å²) in [6.45, 7) is 4.81. The number of amides is 1. The Kier molecular flexibility index (Phi) is 7.62. The van der Waals surface area contributed by atoms with Gasteiger partial charge in [-0.15, -0.1) is 0 Å². The molecule has 0 aromatic rings. The number of rotatable bonds is 9. The molecule has 0 aliphatic rings. The van der Waals surface area contributed by atoms with Gasteiger partial charge in [-0.25, -0.2) is 13.1 Å². The van der Waals surface area contributed by atoms with Gasteiger partial charge in [0.15, 0.2) is 0 Å². The predicted molar refractivity (Wildman–Crippen MR) is 71.2 cm³/mol. The second-order valence-corrected chi connectivity index (χ2v) is 6.19. The highest BCUT2D eigenvalue weighted by Crippen LogP contribution is 2.00. The minimum Gasteiger partial charge on any atom is -0.480 e. The van der Waals surface area contributed by atoms with Crippen molar-refractivity contribution in [3.8, 4) is 0 Å². The standard InChI is InChI=1S/C11H22N2O5S/c1-4-6-13(8-10(14)15)11(16)9(3)12-19(17,18)7-5-2/h9,12H,4-8H2,1-3H3,(H,14,15). The van der Waals surface area contributed by atoms with Crippen LogP contribution in [0.1, 0.15) is 33.6 Å². The van der Waals surface area contributed by atoms with E-state index in [0.717, 1.165) is 4.90 Å². The van der Waals surface area contributed by atoms with E-state index in [-0.39, 0.29) is 12.3 Å². The van der Waals surface area contributed by atoms with Crippen LogP contribution in [0.3, 0.4) is 0 Å². The highest BCUT2D eigenvalue weighted by atomic mass is 32.2. The topological polar surface area (TPSA) is 104 Å². The van der Waals surface area contributed by atoms with E-state index in [1.54, 1.807) is 6.92 Å². The van der Waals surface area contributed by atoms with Gasteiger partial charge in [0.25, 0.3) is 0 Å². The van der Waals surface area contributed by atoms with E-state index < -0.39 is 34.5 Å². The Labute approximate surface area is 114 Å². The lowest BCUT2D eigenvalue weighted by Gasteiger charge is -2.24. The van der Waals surface area contributed by atoms with Crippen molar-refractivity contribution in [2.75, 3.05) is 18.8 Å². The molecule has 0 fully saturated rings. The molecule has 0 rings (SSSR count). The summed E-state index contributed by atoms with van der Waals surface area (Å²) in [6.07, 6.45) is 1.05. The summed E-state index contributed by atoms with van der Waals surface area (Å²) in [5.74, 6) is -1.70. The average molecular weight is 294 g/mol. The zero-order chi connectivity index (χ0) is 15.1. The summed E-state index contributed by atoms with van der Waals surface area (Å²) in [5.41, 5.74) is 0. The molecule has 0 heterocycles. The summed E-state index contributed by atoms with van der Waals surface area (Å²) < 4.78 is 25.4. The molecular formula is C11H22N2O5S. The second-order valence-electron chi connectivity index (χ2n) is 4.31. The maximum Gasteiger partial charge on any atom is 0.323 e. The lowest BCUT2D eigenvalue weighted by atomic mass is 10.3. The molecule has 0 saturated carbocycles. The fraction of sp³-hybridized carbons (Fsp3) is 0.818. The maximum absolute atomic E-state index is 12.0. The van der Waals surface area contributed by atoms with Crippen LogP contribution in [0.15, 0.2) is 0 Å². The summed E-state index contributed by atoms with van der Waals surface area (Å²) in [5, 5.41) is 8.73. The smallest absolute Gasteiger partial charge is 0.323 e. The van der Waals surface area contributed by atoms with Crippen LogP contribution in [0.5, 0.6) is 0 Å². The fourth-order valence-electron chi connectivity index (χ4n) is 1.62. The van der Waals surface area contributed by atoms with Crippen molar-refractivity contribution < 1.29 is 23.1 Å². The first kappa shape index (κ1) is 17.8. The molecule has 7 nitrogen and oxygen atoms in total. The first-order chi connectivity index (χ1) is 8.73. The monoisotopic (exact) mass is 294 g/mol. The van der Waals surface area contributed by atoms with Crippen molar-refractivity contribution in [2.24, 2.45) is 0 Å². The van der Waals surface area contributed by atoms with E-state index in [1.165, 1.54) is 6.92 Å². The molecule has 1 unspecified atom stereocenters. The molecule has 0 radical (unpaired) electrons. The van der Waals surface area contributed by atoms with E-state index >= 15 is 0 Å². The largest absolute Gasteiger partial charge is 0.480 e. The number of hydrogen-bond acceptors (Lipinski definition) is 4. The molecule has 2 N–H and O–H groups in total. The van der Waals surface area contributed by atoms with Gasteiger partial charge in [-0.1, -0.05) is 13.8 Å². The third-order valence-electron chi connectivity index (χ3n) is 2.33. The minimum atomic E-state index is -3.50. The van der Waals surface area contributed by atoms with Gasteiger partial charge in [-0.05, 0) is 19.8 Å². The van der Waals surface area contributed by atoms with Crippen molar-refractivity contribution in [3.63, 3.8) is 0 Å². The van der Waals surface area contributed by atoms with Gasteiger partial charge in [0.1, 0.15) is 6.54 Å². The van der Waals surface area contributed by atoms with Gasteiger partial charge in [0.05, 0.1) is 11.8 Å². The summed E-state index contributed by atoms with van der Waals surface area (Å²) in [4.78, 5) is 23.8. The third kappa shape index (κ3) is 7.12. The number of nitrogens with one attached hydrogen (secondary N) is 1. The Morgan fingerprint density at radius 3 is 2.26 bits per heavy atom.